The summed E-state index contributed by atoms with van der Waals surface area (Å²) in [5, 5.41) is 36.5. The van der Waals surface area contributed by atoms with Crippen LogP contribution in [-0.2, 0) is 0 Å². The minimum Gasteiger partial charge on any atom is -0.455 e. The maximum atomic E-state index is 12.5. The number of aromatic nitrogens is 3. The SMILES string of the molecule is N#Cc1c(-c2ccccc2)c(-n2c3ccccc3c3c4oc5ccccc5c4ccc32)c(-n2c3ccccc3c3c4oc5ccccc5c4ccc32)c(C#N)c1-n1c2ccccc2c2c3oc4ccccc4c3ccc21. The molecule has 17 rings (SSSR count). The van der Waals surface area contributed by atoms with Gasteiger partial charge in [-0.1, -0.05) is 140 Å². The number of para-hydroxylation sites is 6. The van der Waals surface area contributed by atoms with Crippen molar-refractivity contribution in [2.45, 2.75) is 0 Å². The highest BCUT2D eigenvalue weighted by Crippen LogP contribution is 2.51. The molecule has 0 N–H and O–H groups in total. The van der Waals surface area contributed by atoms with E-state index in [9.17, 15) is 10.5 Å². The first-order valence-electron chi connectivity index (χ1n) is 25.3. The summed E-state index contributed by atoms with van der Waals surface area (Å²) in [5.74, 6) is 0. The zero-order valence-electron chi connectivity index (χ0n) is 40.2. The van der Waals surface area contributed by atoms with Gasteiger partial charge in [0.05, 0.1) is 71.9 Å². The highest BCUT2D eigenvalue weighted by atomic mass is 16.3. The van der Waals surface area contributed by atoms with Crippen molar-refractivity contribution in [3.05, 3.63) is 223 Å². The number of rotatable bonds is 4. The molecule has 76 heavy (non-hydrogen) atoms. The summed E-state index contributed by atoms with van der Waals surface area (Å²) >= 11 is 0. The Labute approximate surface area is 430 Å². The molecule has 8 nitrogen and oxygen atoms in total. The summed E-state index contributed by atoms with van der Waals surface area (Å²) in [5.41, 5.74) is 13.5. The van der Waals surface area contributed by atoms with E-state index in [1.54, 1.807) is 0 Å². The third-order valence-corrected chi connectivity index (χ3v) is 15.9. The van der Waals surface area contributed by atoms with Gasteiger partial charge in [-0.2, -0.15) is 10.5 Å². The third kappa shape index (κ3) is 5.14. The first-order valence-corrected chi connectivity index (χ1v) is 25.3. The number of benzene rings is 11. The first-order chi connectivity index (χ1) is 37.7. The second-order valence-corrected chi connectivity index (χ2v) is 19.6. The van der Waals surface area contributed by atoms with Crippen molar-refractivity contribution in [1.29, 1.82) is 10.5 Å². The Morgan fingerprint density at radius 2 is 0.618 bits per heavy atom. The van der Waals surface area contributed by atoms with Gasteiger partial charge in [0.1, 0.15) is 51.2 Å². The summed E-state index contributed by atoms with van der Waals surface area (Å²) in [7, 11) is 0. The van der Waals surface area contributed by atoms with Crippen LogP contribution >= 0.6 is 0 Å². The molecule has 0 bridgehead atoms. The molecule has 0 atom stereocenters. The van der Waals surface area contributed by atoms with Crippen molar-refractivity contribution >= 4 is 131 Å². The van der Waals surface area contributed by atoms with Crippen molar-refractivity contribution in [1.82, 2.24) is 13.7 Å². The summed E-state index contributed by atoms with van der Waals surface area (Å²) in [4.78, 5) is 0. The molecule has 0 saturated carbocycles. The molecule has 0 aliphatic heterocycles. The zero-order chi connectivity index (χ0) is 49.9. The second kappa shape index (κ2) is 14.9. The van der Waals surface area contributed by atoms with Crippen molar-refractivity contribution in [2.24, 2.45) is 0 Å². The lowest BCUT2D eigenvalue weighted by atomic mass is 9.91. The number of hydrogen-bond donors (Lipinski definition) is 0. The van der Waals surface area contributed by atoms with Gasteiger partial charge in [-0.25, -0.2) is 0 Å². The molecule has 6 heterocycles. The fraction of sp³-hybridized carbons (Fsp3) is 0. The van der Waals surface area contributed by atoms with E-state index in [1.807, 2.05) is 91.0 Å². The van der Waals surface area contributed by atoms with E-state index in [-0.39, 0.29) is 0 Å². The van der Waals surface area contributed by atoms with Crippen LogP contribution in [0.25, 0.3) is 159 Å². The Bertz CT molecular complexity index is 5510. The number of fused-ring (bicyclic) bond motifs is 21. The second-order valence-electron chi connectivity index (χ2n) is 19.6. The lowest BCUT2D eigenvalue weighted by Crippen LogP contribution is -2.14. The molecule has 17 aromatic rings. The number of furan rings is 3. The zero-order valence-corrected chi connectivity index (χ0v) is 40.2. The molecule has 0 aliphatic carbocycles. The van der Waals surface area contributed by atoms with Crippen LogP contribution in [-0.4, -0.2) is 13.7 Å². The normalized spacial score (nSPS) is 12.2. The van der Waals surface area contributed by atoms with E-state index >= 15 is 0 Å². The molecule has 11 aromatic carbocycles. The van der Waals surface area contributed by atoms with Gasteiger partial charge in [0, 0.05) is 54.0 Å². The average molecular weight is 970 g/mol. The molecule has 0 unspecified atom stereocenters. The van der Waals surface area contributed by atoms with E-state index in [0.717, 1.165) is 137 Å². The lowest BCUT2D eigenvalue weighted by molar-refractivity contribution is 0.672. The molecule has 0 saturated heterocycles. The van der Waals surface area contributed by atoms with Crippen molar-refractivity contribution in [2.75, 3.05) is 0 Å². The number of nitriles is 2. The Morgan fingerprint density at radius 1 is 0.276 bits per heavy atom. The van der Waals surface area contributed by atoms with Gasteiger partial charge in [0.15, 0.2) is 0 Å². The number of hydrogen-bond acceptors (Lipinski definition) is 5. The van der Waals surface area contributed by atoms with Gasteiger partial charge in [-0.05, 0) is 78.4 Å². The minimum atomic E-state index is 0.307. The van der Waals surface area contributed by atoms with Gasteiger partial charge in [0.25, 0.3) is 0 Å². The lowest BCUT2D eigenvalue weighted by Gasteiger charge is -2.26. The summed E-state index contributed by atoms with van der Waals surface area (Å²) in [6, 6.07) is 78.0. The van der Waals surface area contributed by atoms with Gasteiger partial charge >= 0.3 is 0 Å². The van der Waals surface area contributed by atoms with Gasteiger partial charge < -0.3 is 27.0 Å². The highest BCUT2D eigenvalue weighted by molar-refractivity contribution is 6.27. The number of nitrogens with zero attached hydrogens (tertiary/aromatic N) is 5. The van der Waals surface area contributed by atoms with Crippen LogP contribution in [0.15, 0.2) is 226 Å². The quantitative estimate of drug-likeness (QED) is 0.175. The fourth-order valence-electron chi connectivity index (χ4n) is 12.9. The van der Waals surface area contributed by atoms with Crippen LogP contribution in [0.2, 0.25) is 0 Å². The molecule has 0 fully saturated rings. The van der Waals surface area contributed by atoms with Gasteiger partial charge in [-0.15, -0.1) is 0 Å². The van der Waals surface area contributed by atoms with E-state index in [2.05, 4.69) is 147 Å². The molecule has 0 aliphatic rings. The largest absolute Gasteiger partial charge is 0.455 e. The molecular weight excluding hydrogens is 935 g/mol. The maximum absolute atomic E-state index is 12.5. The van der Waals surface area contributed by atoms with E-state index in [0.29, 0.717) is 33.8 Å². The highest BCUT2D eigenvalue weighted by Gasteiger charge is 2.34. The molecule has 0 amide bonds. The Morgan fingerprint density at radius 3 is 1.03 bits per heavy atom. The van der Waals surface area contributed by atoms with Crippen LogP contribution in [0.4, 0.5) is 0 Å². The van der Waals surface area contributed by atoms with Gasteiger partial charge in [0.2, 0.25) is 0 Å². The topological polar surface area (TPSA) is 102 Å². The summed E-state index contributed by atoms with van der Waals surface area (Å²) in [6.45, 7) is 0. The van der Waals surface area contributed by atoms with E-state index < -0.39 is 0 Å². The smallest absolute Gasteiger partial charge is 0.145 e. The molecule has 350 valence electrons. The Kier molecular flexibility index (Phi) is 7.99. The predicted octanol–water partition coefficient (Wildman–Crippen LogP) is 18.1. The van der Waals surface area contributed by atoms with E-state index in [4.69, 9.17) is 13.3 Å². The van der Waals surface area contributed by atoms with Gasteiger partial charge in [-0.3, -0.25) is 0 Å². The van der Waals surface area contributed by atoms with Crippen molar-refractivity contribution < 1.29 is 13.3 Å². The molecular formula is C68H35N5O3. The molecule has 8 heteroatoms. The average Bonchev–Trinajstić information content (AvgIpc) is 4.34. The molecule has 6 aromatic heterocycles. The summed E-state index contributed by atoms with van der Waals surface area (Å²) < 4.78 is 27.2. The van der Waals surface area contributed by atoms with Crippen LogP contribution in [0, 0.1) is 22.7 Å². The Balaban J connectivity index is 1.14. The van der Waals surface area contributed by atoms with Crippen LogP contribution < -0.4 is 0 Å². The van der Waals surface area contributed by atoms with Crippen LogP contribution in [0.5, 0.6) is 0 Å². The fourth-order valence-corrected chi connectivity index (χ4v) is 12.9. The standard InChI is InChI=1S/C68H35N5O3/c69-36-48-59(38-16-2-1-3-17-38)65(73-52-26-12-6-23-47(52)62-55(73)35-32-44-41-20-9-15-29-58(41)76-68(44)62)64(72-51-25-11-5-22-46(51)61-54(72)34-31-43-40-19-8-14-28-57(40)75-67(43)61)49(37-70)63(48)71-50-24-10-4-21-45(50)60-53(71)33-30-42-39-18-7-13-27-56(39)74-66(42)60/h1-35H. The van der Waals surface area contributed by atoms with Crippen LogP contribution in [0.1, 0.15) is 11.1 Å². The molecule has 0 spiro atoms. The Hall–Kier alpha value is -10.8. The molecule has 0 radical (unpaired) electrons. The summed E-state index contributed by atoms with van der Waals surface area (Å²) in [6.07, 6.45) is 0. The van der Waals surface area contributed by atoms with Crippen molar-refractivity contribution in [3.8, 4) is 40.3 Å². The maximum Gasteiger partial charge on any atom is 0.145 e. The minimum absolute atomic E-state index is 0.307. The van der Waals surface area contributed by atoms with Crippen LogP contribution in [0.3, 0.4) is 0 Å². The monoisotopic (exact) mass is 969 g/mol. The van der Waals surface area contributed by atoms with Crippen molar-refractivity contribution in [3.63, 3.8) is 0 Å². The first kappa shape index (κ1) is 40.8. The predicted molar refractivity (Wildman–Crippen MR) is 306 cm³/mol. The third-order valence-electron chi connectivity index (χ3n) is 15.9. The van der Waals surface area contributed by atoms with E-state index in [1.165, 1.54) is 0 Å².